The second-order valence-electron chi connectivity index (χ2n) is 3.12. The van der Waals surface area contributed by atoms with Gasteiger partial charge in [-0.3, -0.25) is 0 Å². The van der Waals surface area contributed by atoms with Crippen molar-refractivity contribution in [2.45, 2.75) is 26.3 Å². The number of rotatable bonds is 3. The minimum Gasteiger partial charge on any atom is -0.465 e. The van der Waals surface area contributed by atoms with Crippen LogP contribution in [0.5, 0.6) is 0 Å². The van der Waals surface area contributed by atoms with Crippen molar-refractivity contribution in [2.24, 2.45) is 11.7 Å². The topological polar surface area (TPSA) is 63.0 Å². The van der Waals surface area contributed by atoms with Crippen molar-refractivity contribution in [2.75, 3.05) is 0 Å². The molecule has 0 aliphatic carbocycles. The predicted molar refractivity (Wildman–Crippen MR) is 49.8 cm³/mol. The van der Waals surface area contributed by atoms with Crippen LogP contribution in [0.1, 0.15) is 30.9 Å². The zero-order chi connectivity index (χ0) is 9.84. The van der Waals surface area contributed by atoms with Crippen LogP contribution in [0, 0.1) is 24.2 Å². The maximum absolute atomic E-state index is 8.79. The van der Waals surface area contributed by atoms with Crippen molar-refractivity contribution < 1.29 is 4.42 Å². The van der Waals surface area contributed by atoms with Crippen LogP contribution < -0.4 is 5.73 Å². The first kappa shape index (κ1) is 9.82. The summed E-state index contributed by atoms with van der Waals surface area (Å²) < 4.78 is 5.35. The van der Waals surface area contributed by atoms with Crippen molar-refractivity contribution in [1.29, 1.82) is 5.26 Å². The number of nitriles is 1. The number of nitrogens with two attached hydrogens (primary N) is 1. The van der Waals surface area contributed by atoms with Gasteiger partial charge in [0.1, 0.15) is 11.5 Å². The summed E-state index contributed by atoms with van der Waals surface area (Å²) in [6.45, 7) is 3.81. The maximum atomic E-state index is 8.79. The molecule has 70 valence electrons. The van der Waals surface area contributed by atoms with Crippen LogP contribution in [0.15, 0.2) is 16.5 Å². The van der Waals surface area contributed by atoms with Gasteiger partial charge in [-0.2, -0.15) is 5.26 Å². The van der Waals surface area contributed by atoms with Gasteiger partial charge in [0.15, 0.2) is 0 Å². The third kappa shape index (κ3) is 2.10. The molecule has 3 nitrogen and oxygen atoms in total. The van der Waals surface area contributed by atoms with E-state index < -0.39 is 0 Å². The Balaban J connectivity index is 2.78. The fraction of sp³-hybridized carbons (Fsp3) is 0.500. The highest BCUT2D eigenvalue weighted by Crippen LogP contribution is 2.23. The molecule has 1 aromatic rings. The van der Waals surface area contributed by atoms with Crippen LogP contribution in [-0.2, 0) is 0 Å². The Kier molecular flexibility index (Phi) is 3.10. The van der Waals surface area contributed by atoms with E-state index in [4.69, 9.17) is 15.4 Å². The third-order valence-corrected chi connectivity index (χ3v) is 2.13. The summed E-state index contributed by atoms with van der Waals surface area (Å²) >= 11 is 0. The lowest BCUT2D eigenvalue weighted by Crippen LogP contribution is -2.18. The first-order chi connectivity index (χ1) is 6.19. The van der Waals surface area contributed by atoms with E-state index in [-0.39, 0.29) is 12.0 Å². The van der Waals surface area contributed by atoms with Crippen molar-refractivity contribution in [3.63, 3.8) is 0 Å². The third-order valence-electron chi connectivity index (χ3n) is 2.13. The first-order valence-corrected chi connectivity index (χ1v) is 4.40. The average molecular weight is 178 g/mol. The molecule has 0 aliphatic heterocycles. The van der Waals surface area contributed by atoms with Gasteiger partial charge in [-0.15, -0.1) is 0 Å². The summed E-state index contributed by atoms with van der Waals surface area (Å²) in [6, 6.07) is 5.57. The molecule has 0 radical (unpaired) electrons. The highest BCUT2D eigenvalue weighted by molar-refractivity contribution is 5.12. The Morgan fingerprint density at radius 3 is 2.69 bits per heavy atom. The van der Waals surface area contributed by atoms with E-state index in [0.29, 0.717) is 5.76 Å². The fourth-order valence-electron chi connectivity index (χ4n) is 1.26. The van der Waals surface area contributed by atoms with E-state index in [1.807, 2.05) is 26.0 Å². The summed E-state index contributed by atoms with van der Waals surface area (Å²) in [5.74, 6) is 1.37. The lowest BCUT2D eigenvalue weighted by molar-refractivity contribution is 0.395. The zero-order valence-electron chi connectivity index (χ0n) is 7.95. The van der Waals surface area contributed by atoms with E-state index in [9.17, 15) is 0 Å². The molecule has 0 bridgehead atoms. The number of hydrogen-bond donors (Lipinski definition) is 1. The number of aryl methyl sites for hydroxylation is 1. The maximum Gasteiger partial charge on any atom is 0.122 e. The van der Waals surface area contributed by atoms with Crippen LogP contribution >= 0.6 is 0 Å². The summed E-state index contributed by atoms with van der Waals surface area (Å²) in [7, 11) is 0. The van der Waals surface area contributed by atoms with Crippen LogP contribution in [0.4, 0.5) is 0 Å². The van der Waals surface area contributed by atoms with Gasteiger partial charge < -0.3 is 10.2 Å². The second kappa shape index (κ2) is 4.11. The van der Waals surface area contributed by atoms with E-state index in [0.717, 1.165) is 12.2 Å². The van der Waals surface area contributed by atoms with E-state index in [2.05, 4.69) is 6.07 Å². The van der Waals surface area contributed by atoms with E-state index >= 15 is 0 Å². The van der Waals surface area contributed by atoms with Crippen molar-refractivity contribution in [1.82, 2.24) is 0 Å². The Morgan fingerprint density at radius 2 is 2.31 bits per heavy atom. The number of hydrogen-bond acceptors (Lipinski definition) is 3. The van der Waals surface area contributed by atoms with Crippen LogP contribution in [0.3, 0.4) is 0 Å². The molecule has 3 heteroatoms. The molecular formula is C10H14N2O. The smallest absolute Gasteiger partial charge is 0.122 e. The molecule has 1 heterocycles. The molecule has 1 rings (SSSR count). The van der Waals surface area contributed by atoms with Gasteiger partial charge in [-0.1, -0.05) is 6.92 Å². The summed E-state index contributed by atoms with van der Waals surface area (Å²) in [4.78, 5) is 0. The molecule has 0 aliphatic rings. The molecule has 2 N–H and O–H groups in total. The summed E-state index contributed by atoms with van der Waals surface area (Å²) in [6.07, 6.45) is 0.747. The first-order valence-electron chi connectivity index (χ1n) is 4.40. The average Bonchev–Trinajstić information content (AvgIpc) is 2.54. The fourth-order valence-corrected chi connectivity index (χ4v) is 1.26. The standard InChI is InChI=1S/C10H14N2O/c1-3-8(6-11)10(12)9-5-4-7(2)13-9/h4-5,8,10H,3,12H2,1-2H3. The number of nitrogens with zero attached hydrogens (tertiary/aromatic N) is 1. The molecule has 13 heavy (non-hydrogen) atoms. The van der Waals surface area contributed by atoms with Gasteiger partial charge in [-0.25, -0.2) is 0 Å². The summed E-state index contributed by atoms with van der Waals surface area (Å²) in [5.41, 5.74) is 5.86. The highest BCUT2D eigenvalue weighted by atomic mass is 16.3. The van der Waals surface area contributed by atoms with Gasteiger partial charge in [-0.05, 0) is 25.5 Å². The zero-order valence-corrected chi connectivity index (χ0v) is 7.95. The van der Waals surface area contributed by atoms with Crippen molar-refractivity contribution >= 4 is 0 Å². The molecule has 0 saturated carbocycles. The Hall–Kier alpha value is -1.27. The largest absolute Gasteiger partial charge is 0.465 e. The second-order valence-corrected chi connectivity index (χ2v) is 3.12. The summed E-state index contributed by atoms with van der Waals surface area (Å²) in [5, 5.41) is 8.79. The van der Waals surface area contributed by atoms with Crippen LogP contribution in [0.25, 0.3) is 0 Å². The minimum atomic E-state index is -0.302. The van der Waals surface area contributed by atoms with Gasteiger partial charge in [0.25, 0.3) is 0 Å². The normalized spacial score (nSPS) is 14.9. The van der Waals surface area contributed by atoms with Gasteiger partial charge >= 0.3 is 0 Å². The quantitative estimate of drug-likeness (QED) is 0.771. The molecule has 2 atom stereocenters. The van der Waals surface area contributed by atoms with Crippen molar-refractivity contribution in [3.8, 4) is 6.07 Å². The van der Waals surface area contributed by atoms with E-state index in [1.165, 1.54) is 0 Å². The Morgan fingerprint density at radius 1 is 1.62 bits per heavy atom. The lowest BCUT2D eigenvalue weighted by atomic mass is 9.97. The van der Waals surface area contributed by atoms with Crippen molar-refractivity contribution in [3.05, 3.63) is 23.7 Å². The molecule has 0 aromatic carbocycles. The molecular weight excluding hydrogens is 164 g/mol. The van der Waals surface area contributed by atoms with Crippen LogP contribution in [0.2, 0.25) is 0 Å². The molecule has 2 unspecified atom stereocenters. The molecule has 0 saturated heterocycles. The van der Waals surface area contributed by atoms with E-state index in [1.54, 1.807) is 0 Å². The van der Waals surface area contributed by atoms with Crippen LogP contribution in [-0.4, -0.2) is 0 Å². The monoisotopic (exact) mass is 178 g/mol. The molecule has 1 aromatic heterocycles. The SMILES string of the molecule is CCC(C#N)C(N)c1ccc(C)o1. The highest BCUT2D eigenvalue weighted by Gasteiger charge is 2.19. The lowest BCUT2D eigenvalue weighted by Gasteiger charge is -2.12. The molecule has 0 spiro atoms. The van der Waals surface area contributed by atoms with Gasteiger partial charge in [0, 0.05) is 0 Å². The Bertz CT molecular complexity index is 311. The molecule has 0 amide bonds. The molecule has 0 fully saturated rings. The number of furan rings is 1. The predicted octanol–water partition coefficient (Wildman–Crippen LogP) is 2.14. The Labute approximate surface area is 78.1 Å². The van der Waals surface area contributed by atoms with Gasteiger partial charge in [0.2, 0.25) is 0 Å². The van der Waals surface area contributed by atoms with Gasteiger partial charge in [0.05, 0.1) is 18.0 Å². The minimum absolute atomic E-state index is 0.162.